The number of ether oxygens (including phenoxy) is 1. The number of hydrogen-bond donors (Lipinski definition) is 0. The van der Waals surface area contributed by atoms with Crippen molar-refractivity contribution in [3.05, 3.63) is 44.7 Å². The second-order valence-corrected chi connectivity index (χ2v) is 4.26. The number of carbonyl (C=O) groups is 1. The molecule has 0 N–H and O–H groups in total. The van der Waals surface area contributed by atoms with Gasteiger partial charge in [-0.1, -0.05) is 15.9 Å². The molecule has 0 radical (unpaired) electrons. The number of carbonyl (C=O) groups excluding carboxylic acids is 1. The number of halogens is 1. The van der Waals surface area contributed by atoms with E-state index in [-0.39, 0.29) is 17.6 Å². The van der Waals surface area contributed by atoms with Gasteiger partial charge in [-0.3, -0.25) is 4.79 Å². The Morgan fingerprint density at radius 1 is 1.47 bits per heavy atom. The Hall–Kier alpha value is -1.62. The van der Waals surface area contributed by atoms with Gasteiger partial charge in [0.15, 0.2) is 0 Å². The molecular weight excluding hydrogens is 288 g/mol. The fourth-order valence-electron chi connectivity index (χ4n) is 1.45. The lowest BCUT2D eigenvalue weighted by atomic mass is 10.2. The molecule has 0 aliphatic carbocycles. The monoisotopic (exact) mass is 296 g/mol. The number of hydrogen-bond acceptors (Lipinski definition) is 4. The smallest absolute Gasteiger partial charge is 0.345 e. The molecule has 0 unspecified atom stereocenters. The van der Waals surface area contributed by atoms with E-state index < -0.39 is 5.97 Å². The first-order chi connectivity index (χ1) is 8.13. The Labute approximate surface area is 105 Å². The van der Waals surface area contributed by atoms with Gasteiger partial charge in [0.2, 0.25) is 5.43 Å². The van der Waals surface area contributed by atoms with E-state index in [1.165, 1.54) is 0 Å². The first-order valence-corrected chi connectivity index (χ1v) is 5.81. The summed E-state index contributed by atoms with van der Waals surface area (Å²) in [6, 6.07) is 5.04. The summed E-state index contributed by atoms with van der Waals surface area (Å²) >= 11 is 3.26. The molecule has 0 atom stereocenters. The lowest BCUT2D eigenvalue weighted by Crippen LogP contribution is -2.17. The standard InChI is InChI=1S/C12H9BrO4/c1-2-16-12(15)9-6-17-10-4-3-7(13)5-8(10)11(9)14/h3-6H,2H2,1H3. The SMILES string of the molecule is CCOC(=O)c1coc2ccc(Br)cc2c1=O. The zero-order valence-electron chi connectivity index (χ0n) is 9.03. The Kier molecular flexibility index (Phi) is 3.28. The van der Waals surface area contributed by atoms with Gasteiger partial charge in [0.1, 0.15) is 17.4 Å². The van der Waals surface area contributed by atoms with Gasteiger partial charge in [0.25, 0.3) is 0 Å². The summed E-state index contributed by atoms with van der Waals surface area (Å²) in [5, 5.41) is 0.352. The molecule has 5 heteroatoms. The third-order valence-electron chi connectivity index (χ3n) is 2.23. The molecule has 17 heavy (non-hydrogen) atoms. The number of benzene rings is 1. The fourth-order valence-corrected chi connectivity index (χ4v) is 1.81. The van der Waals surface area contributed by atoms with E-state index in [0.717, 1.165) is 10.7 Å². The van der Waals surface area contributed by atoms with Gasteiger partial charge in [0, 0.05) is 4.47 Å². The molecule has 0 spiro atoms. The van der Waals surface area contributed by atoms with Crippen molar-refractivity contribution in [1.29, 1.82) is 0 Å². The van der Waals surface area contributed by atoms with Crippen LogP contribution >= 0.6 is 15.9 Å². The van der Waals surface area contributed by atoms with Crippen LogP contribution in [0.3, 0.4) is 0 Å². The summed E-state index contributed by atoms with van der Waals surface area (Å²) in [6.07, 6.45) is 1.14. The van der Waals surface area contributed by atoms with Crippen LogP contribution in [0, 0.1) is 0 Å². The molecule has 0 saturated carbocycles. The lowest BCUT2D eigenvalue weighted by molar-refractivity contribution is 0.0522. The fraction of sp³-hybridized carbons (Fsp3) is 0.167. The van der Waals surface area contributed by atoms with Crippen molar-refractivity contribution in [2.24, 2.45) is 0 Å². The van der Waals surface area contributed by atoms with Crippen LogP contribution in [0.15, 0.2) is 38.1 Å². The molecule has 2 rings (SSSR count). The van der Waals surface area contributed by atoms with E-state index in [2.05, 4.69) is 15.9 Å². The Balaban J connectivity index is 2.65. The summed E-state index contributed by atoms with van der Waals surface area (Å²) in [6.45, 7) is 1.89. The normalized spacial score (nSPS) is 10.5. The Bertz CT molecular complexity index is 630. The van der Waals surface area contributed by atoms with E-state index in [1.54, 1.807) is 25.1 Å². The van der Waals surface area contributed by atoms with Crippen molar-refractivity contribution in [2.75, 3.05) is 6.61 Å². The van der Waals surface area contributed by atoms with E-state index in [4.69, 9.17) is 9.15 Å². The summed E-state index contributed by atoms with van der Waals surface area (Å²) < 4.78 is 10.8. The second kappa shape index (κ2) is 4.71. The van der Waals surface area contributed by atoms with Gasteiger partial charge in [-0.15, -0.1) is 0 Å². The molecule has 1 aromatic carbocycles. The van der Waals surface area contributed by atoms with Crippen molar-refractivity contribution < 1.29 is 13.9 Å². The highest BCUT2D eigenvalue weighted by Gasteiger charge is 2.15. The molecule has 1 aromatic heterocycles. The van der Waals surface area contributed by atoms with Crippen LogP contribution in [-0.4, -0.2) is 12.6 Å². The molecule has 0 fully saturated rings. The van der Waals surface area contributed by atoms with Crippen LogP contribution in [0.25, 0.3) is 11.0 Å². The molecule has 2 aromatic rings. The quantitative estimate of drug-likeness (QED) is 0.800. The van der Waals surface area contributed by atoms with Gasteiger partial charge in [0.05, 0.1) is 12.0 Å². The lowest BCUT2D eigenvalue weighted by Gasteiger charge is -2.02. The molecule has 4 nitrogen and oxygen atoms in total. The first-order valence-electron chi connectivity index (χ1n) is 5.01. The average Bonchev–Trinajstić information content (AvgIpc) is 2.30. The summed E-state index contributed by atoms with van der Waals surface area (Å²) in [7, 11) is 0. The zero-order chi connectivity index (χ0) is 12.4. The van der Waals surface area contributed by atoms with Crippen molar-refractivity contribution in [3.8, 4) is 0 Å². The van der Waals surface area contributed by atoms with Gasteiger partial charge in [-0.2, -0.15) is 0 Å². The molecule has 1 heterocycles. The van der Waals surface area contributed by atoms with E-state index in [9.17, 15) is 9.59 Å². The number of esters is 1. The van der Waals surface area contributed by atoms with Crippen molar-refractivity contribution in [2.45, 2.75) is 6.92 Å². The maximum Gasteiger partial charge on any atom is 0.345 e. The first kappa shape index (κ1) is 11.9. The molecule has 0 aliphatic heterocycles. The van der Waals surface area contributed by atoms with Crippen LogP contribution < -0.4 is 5.43 Å². The Morgan fingerprint density at radius 3 is 2.94 bits per heavy atom. The topological polar surface area (TPSA) is 56.5 Å². The Morgan fingerprint density at radius 2 is 2.24 bits per heavy atom. The van der Waals surface area contributed by atoms with Crippen LogP contribution in [0.1, 0.15) is 17.3 Å². The maximum absolute atomic E-state index is 12.0. The minimum absolute atomic E-state index is 0.0857. The summed E-state index contributed by atoms with van der Waals surface area (Å²) in [5.74, 6) is -0.664. The molecular formula is C12H9BrO4. The minimum Gasteiger partial charge on any atom is -0.463 e. The maximum atomic E-state index is 12.0. The molecule has 0 saturated heterocycles. The largest absolute Gasteiger partial charge is 0.463 e. The highest BCUT2D eigenvalue weighted by atomic mass is 79.9. The number of fused-ring (bicyclic) bond motifs is 1. The summed E-state index contributed by atoms with van der Waals surface area (Å²) in [5.41, 5.74) is -0.0327. The van der Waals surface area contributed by atoms with E-state index in [0.29, 0.717) is 11.0 Å². The molecule has 0 amide bonds. The predicted octanol–water partition coefficient (Wildman–Crippen LogP) is 2.73. The molecule has 0 bridgehead atoms. The third-order valence-corrected chi connectivity index (χ3v) is 2.72. The van der Waals surface area contributed by atoms with Crippen molar-refractivity contribution in [1.82, 2.24) is 0 Å². The average molecular weight is 297 g/mol. The van der Waals surface area contributed by atoms with Gasteiger partial charge >= 0.3 is 5.97 Å². The van der Waals surface area contributed by atoms with Crippen molar-refractivity contribution >= 4 is 32.9 Å². The van der Waals surface area contributed by atoms with Gasteiger partial charge in [-0.25, -0.2) is 4.79 Å². The highest BCUT2D eigenvalue weighted by Crippen LogP contribution is 2.17. The van der Waals surface area contributed by atoms with Crippen LogP contribution in [0.5, 0.6) is 0 Å². The minimum atomic E-state index is -0.664. The van der Waals surface area contributed by atoms with Gasteiger partial charge < -0.3 is 9.15 Å². The van der Waals surface area contributed by atoms with Crippen LogP contribution in [0.4, 0.5) is 0 Å². The van der Waals surface area contributed by atoms with Crippen LogP contribution in [-0.2, 0) is 4.74 Å². The molecule has 0 aliphatic rings. The van der Waals surface area contributed by atoms with Crippen molar-refractivity contribution in [3.63, 3.8) is 0 Å². The summed E-state index contributed by atoms with van der Waals surface area (Å²) in [4.78, 5) is 23.5. The van der Waals surface area contributed by atoms with Gasteiger partial charge in [-0.05, 0) is 25.1 Å². The predicted molar refractivity (Wildman–Crippen MR) is 66.1 cm³/mol. The van der Waals surface area contributed by atoms with E-state index >= 15 is 0 Å². The molecule has 88 valence electrons. The van der Waals surface area contributed by atoms with E-state index in [1.807, 2.05) is 0 Å². The third kappa shape index (κ3) is 2.24. The van der Waals surface area contributed by atoms with Crippen LogP contribution in [0.2, 0.25) is 0 Å². The zero-order valence-corrected chi connectivity index (χ0v) is 10.6. The highest BCUT2D eigenvalue weighted by molar-refractivity contribution is 9.10. The second-order valence-electron chi connectivity index (χ2n) is 3.34. The number of rotatable bonds is 2.